The molecule has 2 nitrogen and oxygen atoms in total. The van der Waals surface area contributed by atoms with Gasteiger partial charge < -0.3 is 10.2 Å². The number of nitrogens with zero attached hydrogens (tertiary/aromatic N) is 1. The van der Waals surface area contributed by atoms with Crippen LogP contribution in [0.4, 0.5) is 5.69 Å². The van der Waals surface area contributed by atoms with E-state index in [4.69, 9.17) is 0 Å². The first kappa shape index (κ1) is 13.4. The van der Waals surface area contributed by atoms with E-state index in [0.29, 0.717) is 6.04 Å². The van der Waals surface area contributed by atoms with Crippen molar-refractivity contribution in [2.24, 2.45) is 5.92 Å². The zero-order valence-corrected chi connectivity index (χ0v) is 12.2. The molecule has 1 aromatic carbocycles. The Morgan fingerprint density at radius 1 is 1.33 bits per heavy atom. The summed E-state index contributed by atoms with van der Waals surface area (Å²) >= 11 is 0. The van der Waals surface area contributed by atoms with Gasteiger partial charge in [0.05, 0.1) is 0 Å². The Bertz CT molecular complexity index is 394. The van der Waals surface area contributed by atoms with E-state index in [-0.39, 0.29) is 0 Å². The molecule has 2 rings (SSSR count). The lowest BCUT2D eigenvalue weighted by Crippen LogP contribution is -2.32. The maximum Gasteiger partial charge on any atom is 0.0371 e. The largest absolute Gasteiger partial charge is 0.369 e. The zero-order chi connectivity index (χ0) is 13.1. The second-order valence-corrected chi connectivity index (χ2v) is 5.83. The van der Waals surface area contributed by atoms with Gasteiger partial charge in [0.15, 0.2) is 0 Å². The topological polar surface area (TPSA) is 15.3 Å². The van der Waals surface area contributed by atoms with Crippen LogP contribution in [0.15, 0.2) is 18.2 Å². The van der Waals surface area contributed by atoms with Crippen molar-refractivity contribution >= 4 is 5.69 Å². The van der Waals surface area contributed by atoms with Crippen LogP contribution in [0.1, 0.15) is 37.8 Å². The average Bonchev–Trinajstić information content (AvgIpc) is 3.12. The van der Waals surface area contributed by atoms with Crippen molar-refractivity contribution in [3.63, 3.8) is 0 Å². The summed E-state index contributed by atoms with van der Waals surface area (Å²) in [5.74, 6) is 0.935. The van der Waals surface area contributed by atoms with E-state index < -0.39 is 0 Å². The molecule has 0 heterocycles. The molecule has 18 heavy (non-hydrogen) atoms. The Morgan fingerprint density at radius 3 is 2.56 bits per heavy atom. The monoisotopic (exact) mass is 246 g/mol. The van der Waals surface area contributed by atoms with Crippen LogP contribution in [0.3, 0.4) is 0 Å². The van der Waals surface area contributed by atoms with Gasteiger partial charge in [-0.2, -0.15) is 0 Å². The highest BCUT2D eigenvalue weighted by atomic mass is 15.2. The summed E-state index contributed by atoms with van der Waals surface area (Å²) in [7, 11) is 2.00. The summed E-state index contributed by atoms with van der Waals surface area (Å²) in [5.41, 5.74) is 4.17. The fourth-order valence-electron chi connectivity index (χ4n) is 2.44. The molecule has 0 spiro atoms. The van der Waals surface area contributed by atoms with Gasteiger partial charge in [-0.1, -0.05) is 6.07 Å². The van der Waals surface area contributed by atoms with Gasteiger partial charge in [-0.3, -0.25) is 0 Å². The van der Waals surface area contributed by atoms with Crippen molar-refractivity contribution in [1.82, 2.24) is 5.32 Å². The number of nitrogens with one attached hydrogen (secondary N) is 1. The molecule has 0 aromatic heterocycles. The maximum atomic E-state index is 3.22. The van der Waals surface area contributed by atoms with Gasteiger partial charge in [0.2, 0.25) is 0 Å². The highest BCUT2D eigenvalue weighted by Gasteiger charge is 2.25. The molecule has 0 atom stereocenters. The Labute approximate surface area is 111 Å². The minimum Gasteiger partial charge on any atom is -0.369 e. The predicted octanol–water partition coefficient (Wildman–Crippen LogP) is 3.34. The third kappa shape index (κ3) is 3.26. The lowest BCUT2D eigenvalue weighted by Gasteiger charge is -2.29. The first-order valence-corrected chi connectivity index (χ1v) is 7.12. The summed E-state index contributed by atoms with van der Waals surface area (Å²) in [6.07, 6.45) is 2.83. The molecule has 1 aliphatic rings. The van der Waals surface area contributed by atoms with Crippen LogP contribution in [0.25, 0.3) is 0 Å². The minimum absolute atomic E-state index is 0.583. The fraction of sp³-hybridized carbons (Fsp3) is 0.625. The highest BCUT2D eigenvalue weighted by Crippen LogP contribution is 2.32. The summed E-state index contributed by atoms with van der Waals surface area (Å²) < 4.78 is 0. The van der Waals surface area contributed by atoms with E-state index in [1.54, 1.807) is 0 Å². The lowest BCUT2D eigenvalue weighted by molar-refractivity contribution is 0.644. The van der Waals surface area contributed by atoms with E-state index in [0.717, 1.165) is 12.5 Å². The number of benzene rings is 1. The quantitative estimate of drug-likeness (QED) is 0.828. The van der Waals surface area contributed by atoms with Crippen LogP contribution in [0.5, 0.6) is 0 Å². The van der Waals surface area contributed by atoms with Crippen molar-refractivity contribution in [2.45, 2.75) is 46.2 Å². The van der Waals surface area contributed by atoms with Gasteiger partial charge in [0.25, 0.3) is 0 Å². The van der Waals surface area contributed by atoms with Crippen LogP contribution in [0, 0.1) is 12.8 Å². The third-order valence-electron chi connectivity index (χ3n) is 3.80. The van der Waals surface area contributed by atoms with Gasteiger partial charge in [-0.05, 0) is 69.8 Å². The van der Waals surface area contributed by atoms with Crippen LogP contribution in [0.2, 0.25) is 0 Å². The normalized spacial score (nSPS) is 15.2. The van der Waals surface area contributed by atoms with Crippen LogP contribution in [-0.2, 0) is 6.54 Å². The van der Waals surface area contributed by atoms with Crippen LogP contribution >= 0.6 is 0 Å². The molecule has 1 aromatic rings. The molecule has 1 aliphatic carbocycles. The Balaban J connectivity index is 2.16. The molecule has 0 unspecified atom stereocenters. The molecule has 0 amide bonds. The van der Waals surface area contributed by atoms with E-state index in [9.17, 15) is 0 Å². The molecule has 0 saturated heterocycles. The molecule has 100 valence electrons. The van der Waals surface area contributed by atoms with Crippen molar-refractivity contribution in [1.29, 1.82) is 0 Å². The summed E-state index contributed by atoms with van der Waals surface area (Å²) in [6, 6.07) is 7.47. The van der Waals surface area contributed by atoms with Gasteiger partial charge in [0.1, 0.15) is 0 Å². The van der Waals surface area contributed by atoms with Gasteiger partial charge in [-0.25, -0.2) is 0 Å². The van der Waals surface area contributed by atoms with Gasteiger partial charge in [0, 0.05) is 24.8 Å². The average molecular weight is 246 g/mol. The smallest absolute Gasteiger partial charge is 0.0371 e. The third-order valence-corrected chi connectivity index (χ3v) is 3.80. The summed E-state index contributed by atoms with van der Waals surface area (Å²) in [6.45, 7) is 8.98. The molecule has 1 saturated carbocycles. The van der Waals surface area contributed by atoms with E-state index in [1.807, 2.05) is 7.05 Å². The standard InChI is InChI=1S/C16H26N2/c1-12(2)18(11-14-5-6-14)16-8-7-15(10-17-4)13(3)9-16/h7-9,12,14,17H,5-6,10-11H2,1-4H3. The zero-order valence-electron chi connectivity index (χ0n) is 12.2. The first-order chi connectivity index (χ1) is 8.61. The second-order valence-electron chi connectivity index (χ2n) is 5.83. The SMILES string of the molecule is CNCc1ccc(N(CC2CC2)C(C)C)cc1C. The number of hydrogen-bond acceptors (Lipinski definition) is 2. The van der Waals surface area contributed by atoms with Crippen LogP contribution < -0.4 is 10.2 Å². The number of anilines is 1. The number of rotatable bonds is 6. The fourth-order valence-corrected chi connectivity index (χ4v) is 2.44. The Hall–Kier alpha value is -1.02. The molecule has 1 N–H and O–H groups in total. The van der Waals surface area contributed by atoms with Crippen molar-refractivity contribution < 1.29 is 0 Å². The Kier molecular flexibility index (Phi) is 4.28. The van der Waals surface area contributed by atoms with Crippen molar-refractivity contribution in [3.8, 4) is 0 Å². The predicted molar refractivity (Wildman–Crippen MR) is 79.1 cm³/mol. The molecule has 0 bridgehead atoms. The van der Waals surface area contributed by atoms with E-state index in [1.165, 1.54) is 36.2 Å². The summed E-state index contributed by atoms with van der Waals surface area (Å²) in [4.78, 5) is 2.55. The second kappa shape index (κ2) is 5.75. The molecular formula is C16H26N2. The molecule has 0 radical (unpaired) electrons. The molecular weight excluding hydrogens is 220 g/mol. The number of aryl methyl sites for hydroxylation is 1. The maximum absolute atomic E-state index is 3.22. The van der Waals surface area contributed by atoms with E-state index >= 15 is 0 Å². The first-order valence-electron chi connectivity index (χ1n) is 7.12. The van der Waals surface area contributed by atoms with Gasteiger partial charge >= 0.3 is 0 Å². The van der Waals surface area contributed by atoms with E-state index in [2.05, 4.69) is 49.2 Å². The van der Waals surface area contributed by atoms with Crippen molar-refractivity contribution in [3.05, 3.63) is 29.3 Å². The summed E-state index contributed by atoms with van der Waals surface area (Å²) in [5, 5.41) is 3.22. The van der Waals surface area contributed by atoms with Gasteiger partial charge in [-0.15, -0.1) is 0 Å². The minimum atomic E-state index is 0.583. The Morgan fingerprint density at radius 2 is 2.06 bits per heavy atom. The molecule has 0 aliphatic heterocycles. The number of hydrogen-bond donors (Lipinski definition) is 1. The highest BCUT2D eigenvalue weighted by molar-refractivity contribution is 5.51. The van der Waals surface area contributed by atoms with Crippen LogP contribution in [-0.4, -0.2) is 19.6 Å². The molecule has 2 heteroatoms. The molecule has 1 fully saturated rings. The lowest BCUT2D eigenvalue weighted by atomic mass is 10.1. The van der Waals surface area contributed by atoms with Crippen molar-refractivity contribution in [2.75, 3.05) is 18.5 Å².